The third kappa shape index (κ3) is 2.23. The molecule has 1 atom stereocenters. The molecule has 1 heterocycles. The highest BCUT2D eigenvalue weighted by Gasteiger charge is 2.49. The van der Waals surface area contributed by atoms with E-state index in [2.05, 4.69) is 15.9 Å². The molecule has 108 valence electrons. The average Bonchev–Trinajstić information content (AvgIpc) is 2.93. The molecule has 1 unspecified atom stereocenters. The Labute approximate surface area is 136 Å². The number of carbonyl (C=O) groups excluding carboxylic acids is 1. The van der Waals surface area contributed by atoms with E-state index in [4.69, 9.17) is 21.1 Å². The summed E-state index contributed by atoms with van der Waals surface area (Å²) in [4.78, 5) is 12.4. The summed E-state index contributed by atoms with van der Waals surface area (Å²) >= 11 is 9.59. The van der Waals surface area contributed by atoms with Crippen molar-refractivity contribution < 1.29 is 14.3 Å². The van der Waals surface area contributed by atoms with Crippen LogP contribution < -0.4 is 4.74 Å². The second-order valence-electron chi connectivity index (χ2n) is 4.80. The summed E-state index contributed by atoms with van der Waals surface area (Å²) in [7, 11) is 1.36. The maximum Gasteiger partial charge on any atom is 0.355 e. The number of carbonyl (C=O) groups is 1. The molecule has 0 aromatic heterocycles. The van der Waals surface area contributed by atoms with Crippen LogP contribution in [0, 0.1) is 0 Å². The largest absolute Gasteiger partial charge is 0.470 e. The number of fused-ring (bicyclic) bond motifs is 1. The first-order valence-electron chi connectivity index (χ1n) is 6.38. The van der Waals surface area contributed by atoms with Gasteiger partial charge in [-0.2, -0.15) is 0 Å². The van der Waals surface area contributed by atoms with Crippen molar-refractivity contribution in [2.75, 3.05) is 7.11 Å². The lowest BCUT2D eigenvalue weighted by Gasteiger charge is -2.26. The molecular weight excluding hydrogens is 356 g/mol. The maximum atomic E-state index is 12.4. The van der Waals surface area contributed by atoms with Gasteiger partial charge < -0.3 is 9.47 Å². The van der Waals surface area contributed by atoms with Crippen LogP contribution in [0.25, 0.3) is 0 Å². The van der Waals surface area contributed by atoms with Crippen LogP contribution in [0.1, 0.15) is 11.1 Å². The molecule has 0 radical (unpaired) electrons. The van der Waals surface area contributed by atoms with Gasteiger partial charge in [-0.05, 0) is 28.1 Å². The second-order valence-corrected chi connectivity index (χ2v) is 6.00. The molecule has 0 spiro atoms. The number of methoxy groups -OCH3 is 1. The molecule has 0 bridgehead atoms. The van der Waals surface area contributed by atoms with Crippen molar-refractivity contribution >= 4 is 33.5 Å². The standard InChI is InChI=1S/C16H12BrClO3/c1-20-15(19)16(10-5-3-2-4-6-10)9-11-13(21-16)8-7-12(18)14(11)17/h2-8H,9H2,1H3. The molecule has 1 aliphatic heterocycles. The molecule has 3 rings (SSSR count). The van der Waals surface area contributed by atoms with Gasteiger partial charge >= 0.3 is 5.97 Å². The summed E-state index contributed by atoms with van der Waals surface area (Å²) < 4.78 is 11.7. The number of ether oxygens (including phenoxy) is 2. The predicted octanol–water partition coefficient (Wildman–Crippen LogP) is 4.11. The molecule has 0 N–H and O–H groups in total. The summed E-state index contributed by atoms with van der Waals surface area (Å²) in [5, 5.41) is 0.589. The van der Waals surface area contributed by atoms with Gasteiger partial charge in [0.05, 0.1) is 12.1 Å². The second kappa shape index (κ2) is 5.35. The topological polar surface area (TPSA) is 35.5 Å². The summed E-state index contributed by atoms with van der Waals surface area (Å²) in [6.45, 7) is 0. The number of hydrogen-bond acceptors (Lipinski definition) is 3. The van der Waals surface area contributed by atoms with Crippen molar-refractivity contribution in [2.24, 2.45) is 0 Å². The van der Waals surface area contributed by atoms with Crippen LogP contribution in [0.3, 0.4) is 0 Å². The first kappa shape index (κ1) is 14.4. The van der Waals surface area contributed by atoms with E-state index in [1.165, 1.54) is 7.11 Å². The van der Waals surface area contributed by atoms with Crippen LogP contribution in [-0.2, 0) is 21.6 Å². The van der Waals surface area contributed by atoms with Gasteiger partial charge in [0.2, 0.25) is 5.60 Å². The third-order valence-corrected chi connectivity index (χ3v) is 5.07. The lowest BCUT2D eigenvalue weighted by molar-refractivity contribution is -0.158. The van der Waals surface area contributed by atoms with Gasteiger partial charge in [-0.15, -0.1) is 0 Å². The van der Waals surface area contributed by atoms with Crippen molar-refractivity contribution in [2.45, 2.75) is 12.0 Å². The first-order valence-corrected chi connectivity index (χ1v) is 7.55. The molecule has 0 fully saturated rings. The fourth-order valence-electron chi connectivity index (χ4n) is 2.57. The molecule has 2 aromatic carbocycles. The number of halogens is 2. The van der Waals surface area contributed by atoms with Crippen LogP contribution in [0.4, 0.5) is 0 Å². The average molecular weight is 368 g/mol. The van der Waals surface area contributed by atoms with Gasteiger partial charge in [-0.25, -0.2) is 4.79 Å². The molecule has 21 heavy (non-hydrogen) atoms. The molecule has 5 heteroatoms. The normalized spacial score (nSPS) is 19.8. The van der Waals surface area contributed by atoms with Crippen LogP contribution in [0.15, 0.2) is 46.9 Å². The Balaban J connectivity index is 2.14. The van der Waals surface area contributed by atoms with E-state index >= 15 is 0 Å². The summed E-state index contributed by atoms with van der Waals surface area (Å²) in [6, 6.07) is 12.9. The Morgan fingerprint density at radius 1 is 1.29 bits per heavy atom. The molecule has 0 saturated carbocycles. The van der Waals surface area contributed by atoms with E-state index in [1.54, 1.807) is 12.1 Å². The van der Waals surface area contributed by atoms with E-state index in [0.29, 0.717) is 17.2 Å². The smallest absolute Gasteiger partial charge is 0.355 e. The number of rotatable bonds is 2. The first-order chi connectivity index (χ1) is 10.1. The summed E-state index contributed by atoms with van der Waals surface area (Å²) in [6.07, 6.45) is 0.375. The van der Waals surface area contributed by atoms with Crippen molar-refractivity contribution in [3.05, 3.63) is 63.1 Å². The molecule has 1 aliphatic rings. The monoisotopic (exact) mass is 366 g/mol. The van der Waals surface area contributed by atoms with Gasteiger partial charge in [-0.3, -0.25) is 0 Å². The van der Waals surface area contributed by atoms with E-state index < -0.39 is 11.6 Å². The van der Waals surface area contributed by atoms with Gasteiger partial charge in [0, 0.05) is 22.0 Å². The van der Waals surface area contributed by atoms with Crippen molar-refractivity contribution in [3.8, 4) is 5.75 Å². The Morgan fingerprint density at radius 3 is 2.67 bits per heavy atom. The van der Waals surface area contributed by atoms with E-state index in [-0.39, 0.29) is 0 Å². The van der Waals surface area contributed by atoms with Gasteiger partial charge in [0.25, 0.3) is 0 Å². The lowest BCUT2D eigenvalue weighted by atomic mass is 9.89. The number of benzene rings is 2. The number of esters is 1. The van der Waals surface area contributed by atoms with Crippen LogP contribution in [0.5, 0.6) is 5.75 Å². The van der Waals surface area contributed by atoms with E-state index in [9.17, 15) is 4.79 Å². The zero-order chi connectivity index (χ0) is 15.0. The highest BCUT2D eigenvalue weighted by atomic mass is 79.9. The molecule has 0 saturated heterocycles. The maximum absolute atomic E-state index is 12.4. The fourth-order valence-corrected chi connectivity index (χ4v) is 3.22. The highest BCUT2D eigenvalue weighted by molar-refractivity contribution is 9.10. The zero-order valence-corrected chi connectivity index (χ0v) is 13.6. The third-order valence-electron chi connectivity index (χ3n) is 3.62. The fraction of sp³-hybridized carbons (Fsp3) is 0.188. The quantitative estimate of drug-likeness (QED) is 0.750. The molecule has 2 aromatic rings. The summed E-state index contributed by atoms with van der Waals surface area (Å²) in [5.41, 5.74) is 0.471. The van der Waals surface area contributed by atoms with Gasteiger partial charge in [0.1, 0.15) is 5.75 Å². The minimum Gasteiger partial charge on any atom is -0.470 e. The lowest BCUT2D eigenvalue weighted by Crippen LogP contribution is -2.41. The van der Waals surface area contributed by atoms with Crippen molar-refractivity contribution in [3.63, 3.8) is 0 Å². The van der Waals surface area contributed by atoms with Crippen LogP contribution in [0.2, 0.25) is 5.02 Å². The van der Waals surface area contributed by atoms with Gasteiger partial charge in [0.15, 0.2) is 0 Å². The van der Waals surface area contributed by atoms with E-state index in [1.807, 2.05) is 30.3 Å². The number of hydrogen-bond donors (Lipinski definition) is 0. The van der Waals surface area contributed by atoms with Crippen LogP contribution >= 0.6 is 27.5 Å². The van der Waals surface area contributed by atoms with Crippen molar-refractivity contribution in [1.82, 2.24) is 0 Å². The zero-order valence-electron chi connectivity index (χ0n) is 11.2. The minimum atomic E-state index is -1.16. The van der Waals surface area contributed by atoms with Crippen LogP contribution in [-0.4, -0.2) is 13.1 Å². The predicted molar refractivity (Wildman–Crippen MR) is 83.6 cm³/mol. The SMILES string of the molecule is COC(=O)C1(c2ccccc2)Cc2c(ccc(Cl)c2Br)O1. The molecule has 0 amide bonds. The Hall–Kier alpha value is -1.52. The molecule has 3 nitrogen and oxygen atoms in total. The Bertz CT molecular complexity index is 702. The molecule has 0 aliphatic carbocycles. The van der Waals surface area contributed by atoms with E-state index in [0.717, 1.165) is 15.6 Å². The summed E-state index contributed by atoms with van der Waals surface area (Å²) in [5.74, 6) is 0.216. The van der Waals surface area contributed by atoms with Gasteiger partial charge in [-0.1, -0.05) is 41.9 Å². The highest BCUT2D eigenvalue weighted by Crippen LogP contribution is 2.46. The molecular formula is C16H12BrClO3. The minimum absolute atomic E-state index is 0.375. The Morgan fingerprint density at radius 2 is 2.00 bits per heavy atom. The Kier molecular flexibility index (Phi) is 3.68. The van der Waals surface area contributed by atoms with Crippen molar-refractivity contribution in [1.29, 1.82) is 0 Å².